The van der Waals surface area contributed by atoms with Crippen molar-refractivity contribution in [2.75, 3.05) is 6.61 Å². The lowest BCUT2D eigenvalue weighted by molar-refractivity contribution is -0.0161. The number of fused-ring (bicyclic) bond motifs is 1. The molecule has 1 saturated heterocycles. The van der Waals surface area contributed by atoms with Crippen LogP contribution in [0.25, 0.3) is 0 Å². The molecule has 2 heterocycles. The summed E-state index contributed by atoms with van der Waals surface area (Å²) in [4.78, 5) is 11.8. The minimum atomic E-state index is -0.0457. The number of carbonyl (C=O) groups excluding carboxylic acids is 1. The van der Waals surface area contributed by atoms with Crippen LogP contribution in [0.3, 0.4) is 0 Å². The molecular formula is C11H14N2O2S. The van der Waals surface area contributed by atoms with E-state index >= 15 is 0 Å². The average molecular weight is 238 g/mol. The largest absolute Gasteiger partial charge is 0.376 e. The smallest absolute Gasteiger partial charge is 0.252 e. The number of thiophene rings is 1. The Morgan fingerprint density at radius 3 is 3.25 bits per heavy atom. The molecule has 4 unspecified atom stereocenters. The molecule has 0 radical (unpaired) electrons. The quantitative estimate of drug-likeness (QED) is 0.792. The van der Waals surface area contributed by atoms with E-state index in [4.69, 9.17) is 10.5 Å². The van der Waals surface area contributed by atoms with Crippen LogP contribution in [0.5, 0.6) is 0 Å². The molecule has 1 aliphatic carbocycles. The molecule has 1 amide bonds. The Morgan fingerprint density at radius 1 is 1.62 bits per heavy atom. The molecule has 0 bridgehead atoms. The Balaban J connectivity index is 1.65. The van der Waals surface area contributed by atoms with Crippen molar-refractivity contribution in [3.8, 4) is 0 Å². The summed E-state index contributed by atoms with van der Waals surface area (Å²) in [6, 6.07) is 1.85. The zero-order chi connectivity index (χ0) is 11.1. The van der Waals surface area contributed by atoms with E-state index in [0.717, 1.165) is 13.0 Å². The molecule has 4 atom stereocenters. The summed E-state index contributed by atoms with van der Waals surface area (Å²) in [6.45, 7) is 0.772. The van der Waals surface area contributed by atoms with Gasteiger partial charge in [-0.2, -0.15) is 11.3 Å². The van der Waals surface area contributed by atoms with Gasteiger partial charge in [-0.1, -0.05) is 0 Å². The van der Waals surface area contributed by atoms with Crippen LogP contribution in [0.2, 0.25) is 0 Å². The Kier molecular flexibility index (Phi) is 2.46. The van der Waals surface area contributed by atoms with Crippen molar-refractivity contribution in [1.82, 2.24) is 5.32 Å². The second kappa shape index (κ2) is 3.84. The maximum atomic E-state index is 11.8. The predicted molar refractivity (Wildman–Crippen MR) is 61.4 cm³/mol. The highest BCUT2D eigenvalue weighted by Gasteiger charge is 2.52. The predicted octanol–water partition coefficient (Wildman–Crippen LogP) is 0.592. The molecule has 2 fully saturated rings. The van der Waals surface area contributed by atoms with Gasteiger partial charge >= 0.3 is 0 Å². The van der Waals surface area contributed by atoms with Crippen molar-refractivity contribution >= 4 is 17.2 Å². The number of nitrogens with two attached hydrogens (primary N) is 1. The van der Waals surface area contributed by atoms with E-state index < -0.39 is 0 Å². The fraction of sp³-hybridized carbons (Fsp3) is 0.545. The second-order valence-electron chi connectivity index (χ2n) is 4.38. The molecule has 5 heteroatoms. The molecule has 1 aliphatic heterocycles. The first-order valence-electron chi connectivity index (χ1n) is 5.47. The van der Waals surface area contributed by atoms with Crippen LogP contribution in [0.4, 0.5) is 0 Å². The van der Waals surface area contributed by atoms with E-state index in [9.17, 15) is 4.79 Å². The molecule has 1 aromatic heterocycles. The van der Waals surface area contributed by atoms with Crippen molar-refractivity contribution in [2.24, 2.45) is 11.7 Å². The molecule has 0 aromatic carbocycles. The van der Waals surface area contributed by atoms with E-state index in [1.165, 1.54) is 11.3 Å². The number of rotatable bonds is 2. The lowest BCUT2D eigenvalue weighted by atomic mass is 9.72. The zero-order valence-electron chi connectivity index (χ0n) is 8.76. The Morgan fingerprint density at radius 2 is 2.50 bits per heavy atom. The summed E-state index contributed by atoms with van der Waals surface area (Å²) in [5, 5.41) is 6.69. The third kappa shape index (κ3) is 1.47. The molecule has 1 aromatic rings. The van der Waals surface area contributed by atoms with Crippen molar-refractivity contribution in [1.29, 1.82) is 0 Å². The van der Waals surface area contributed by atoms with E-state index in [1.54, 1.807) is 0 Å². The molecule has 3 N–H and O–H groups in total. The first-order chi connectivity index (χ1) is 7.77. The maximum Gasteiger partial charge on any atom is 0.252 e. The van der Waals surface area contributed by atoms with Gasteiger partial charge in [-0.15, -0.1) is 0 Å². The zero-order valence-corrected chi connectivity index (χ0v) is 9.57. The van der Waals surface area contributed by atoms with Crippen molar-refractivity contribution in [3.05, 3.63) is 22.4 Å². The van der Waals surface area contributed by atoms with Gasteiger partial charge in [0.25, 0.3) is 5.91 Å². The molecule has 86 valence electrons. The highest BCUT2D eigenvalue weighted by molar-refractivity contribution is 7.08. The van der Waals surface area contributed by atoms with Crippen LogP contribution >= 0.6 is 11.3 Å². The molecule has 1 saturated carbocycles. The normalized spacial score (nSPS) is 36.6. The lowest BCUT2D eigenvalue weighted by Crippen LogP contribution is -2.68. The first kappa shape index (κ1) is 10.3. The van der Waals surface area contributed by atoms with E-state index in [1.807, 2.05) is 16.8 Å². The number of carbonyl (C=O) groups is 1. The number of ether oxygens (including phenoxy) is 1. The number of nitrogens with one attached hydrogen (secondary N) is 1. The minimum absolute atomic E-state index is 0.0140. The van der Waals surface area contributed by atoms with Crippen LogP contribution in [-0.2, 0) is 4.74 Å². The molecule has 2 aliphatic rings. The molecule has 16 heavy (non-hydrogen) atoms. The summed E-state index contributed by atoms with van der Waals surface area (Å²) in [6.07, 6.45) is 1.16. The van der Waals surface area contributed by atoms with Crippen molar-refractivity contribution < 1.29 is 9.53 Å². The van der Waals surface area contributed by atoms with Gasteiger partial charge in [-0.25, -0.2) is 0 Å². The molecular weight excluding hydrogens is 224 g/mol. The summed E-state index contributed by atoms with van der Waals surface area (Å²) in [5.74, 6) is 0.392. The third-order valence-electron chi connectivity index (χ3n) is 3.53. The van der Waals surface area contributed by atoms with Gasteiger partial charge in [-0.05, 0) is 17.9 Å². The van der Waals surface area contributed by atoms with Crippen LogP contribution in [0.15, 0.2) is 16.8 Å². The van der Waals surface area contributed by atoms with E-state index in [2.05, 4.69) is 5.32 Å². The molecule has 0 spiro atoms. The van der Waals surface area contributed by atoms with Crippen LogP contribution in [-0.4, -0.2) is 30.7 Å². The van der Waals surface area contributed by atoms with Gasteiger partial charge in [-0.3, -0.25) is 4.79 Å². The summed E-state index contributed by atoms with van der Waals surface area (Å²) < 4.78 is 5.56. The topological polar surface area (TPSA) is 64.3 Å². The first-order valence-corrected chi connectivity index (χ1v) is 6.42. The SMILES string of the molecule is NC1C2CCOC2C1NC(=O)c1ccsc1. The summed E-state index contributed by atoms with van der Waals surface area (Å²) >= 11 is 1.52. The fourth-order valence-electron chi connectivity index (χ4n) is 2.56. The lowest BCUT2D eigenvalue weighted by Gasteiger charge is -2.45. The van der Waals surface area contributed by atoms with Gasteiger partial charge in [0.2, 0.25) is 0 Å². The standard InChI is InChI=1S/C11H14N2O2S/c12-8-7-1-3-15-10(7)9(8)13-11(14)6-2-4-16-5-6/h2,4-5,7-10H,1,3,12H2,(H,13,14). The third-order valence-corrected chi connectivity index (χ3v) is 4.21. The van der Waals surface area contributed by atoms with Gasteiger partial charge in [0, 0.05) is 29.5 Å². The number of hydrogen-bond acceptors (Lipinski definition) is 4. The van der Waals surface area contributed by atoms with Crippen LogP contribution < -0.4 is 11.1 Å². The highest BCUT2D eigenvalue weighted by atomic mass is 32.1. The van der Waals surface area contributed by atoms with Crippen molar-refractivity contribution in [2.45, 2.75) is 24.6 Å². The monoisotopic (exact) mass is 238 g/mol. The van der Waals surface area contributed by atoms with Gasteiger partial charge in [0.15, 0.2) is 0 Å². The molecule has 4 nitrogen and oxygen atoms in total. The Bertz CT molecular complexity index is 393. The Labute approximate surface area is 97.8 Å². The van der Waals surface area contributed by atoms with Crippen LogP contribution in [0.1, 0.15) is 16.8 Å². The fourth-order valence-corrected chi connectivity index (χ4v) is 3.19. The maximum absolute atomic E-state index is 11.8. The number of hydrogen-bond donors (Lipinski definition) is 2. The highest BCUT2D eigenvalue weighted by Crippen LogP contribution is 2.37. The van der Waals surface area contributed by atoms with Gasteiger partial charge < -0.3 is 15.8 Å². The summed E-state index contributed by atoms with van der Waals surface area (Å²) in [7, 11) is 0. The van der Waals surface area contributed by atoms with E-state index in [0.29, 0.717) is 11.5 Å². The number of amides is 1. The minimum Gasteiger partial charge on any atom is -0.376 e. The van der Waals surface area contributed by atoms with Gasteiger partial charge in [0.1, 0.15) is 0 Å². The summed E-state index contributed by atoms with van der Waals surface area (Å²) in [5.41, 5.74) is 6.72. The van der Waals surface area contributed by atoms with Crippen molar-refractivity contribution in [3.63, 3.8) is 0 Å². The second-order valence-corrected chi connectivity index (χ2v) is 5.16. The average Bonchev–Trinajstić information content (AvgIpc) is 2.94. The Hall–Kier alpha value is -0.910. The molecule has 3 rings (SSSR count). The van der Waals surface area contributed by atoms with Gasteiger partial charge in [0.05, 0.1) is 12.1 Å². The van der Waals surface area contributed by atoms with Crippen LogP contribution in [0, 0.1) is 5.92 Å². The van der Waals surface area contributed by atoms with E-state index in [-0.39, 0.29) is 24.1 Å².